The highest BCUT2D eigenvalue weighted by molar-refractivity contribution is 7.89. The lowest BCUT2D eigenvalue weighted by atomic mass is 10.2. The Kier molecular flexibility index (Phi) is 5.84. The Morgan fingerprint density at radius 2 is 1.72 bits per heavy atom. The maximum Gasteiger partial charge on any atom is 0.321 e. The predicted octanol–water partition coefficient (Wildman–Crippen LogP) is 1.96. The van der Waals surface area contributed by atoms with E-state index < -0.39 is 38.0 Å². The molecule has 2 rings (SSSR count). The molecule has 132 valence electrons. The Morgan fingerprint density at radius 3 is 2.32 bits per heavy atom. The van der Waals surface area contributed by atoms with Gasteiger partial charge in [-0.05, 0) is 11.6 Å². The van der Waals surface area contributed by atoms with Crippen LogP contribution in [-0.2, 0) is 26.1 Å². The van der Waals surface area contributed by atoms with E-state index in [2.05, 4.69) is 4.74 Å². The zero-order valence-electron chi connectivity index (χ0n) is 13.4. The lowest BCUT2D eigenvalue weighted by Gasteiger charge is -2.21. The molecule has 2 aromatic carbocycles. The van der Waals surface area contributed by atoms with E-state index in [9.17, 15) is 23.3 Å². The summed E-state index contributed by atoms with van der Waals surface area (Å²) in [4.78, 5) is 21.6. The number of nitro groups is 1. The van der Waals surface area contributed by atoms with Crippen molar-refractivity contribution in [3.8, 4) is 0 Å². The number of methoxy groups -OCH3 is 1. The molecule has 9 heteroatoms. The first-order chi connectivity index (χ1) is 11.9. The van der Waals surface area contributed by atoms with Crippen LogP contribution in [0.2, 0.25) is 0 Å². The van der Waals surface area contributed by atoms with Crippen LogP contribution in [0.25, 0.3) is 0 Å². The molecule has 0 aliphatic heterocycles. The van der Waals surface area contributed by atoms with Gasteiger partial charge in [-0.3, -0.25) is 14.9 Å². The van der Waals surface area contributed by atoms with Crippen LogP contribution in [-0.4, -0.2) is 37.3 Å². The molecule has 0 aliphatic rings. The molecule has 0 saturated heterocycles. The highest BCUT2D eigenvalue weighted by Crippen LogP contribution is 2.27. The van der Waals surface area contributed by atoms with E-state index in [0.29, 0.717) is 5.56 Å². The van der Waals surface area contributed by atoms with Crippen LogP contribution in [0.4, 0.5) is 5.69 Å². The summed E-state index contributed by atoms with van der Waals surface area (Å²) in [6.45, 7) is -0.676. The number of para-hydroxylation sites is 1. The first-order valence-corrected chi connectivity index (χ1v) is 8.64. The second-order valence-electron chi connectivity index (χ2n) is 5.06. The quantitative estimate of drug-likeness (QED) is 0.422. The number of ether oxygens (including phenoxy) is 1. The smallest absolute Gasteiger partial charge is 0.321 e. The van der Waals surface area contributed by atoms with Crippen molar-refractivity contribution in [1.29, 1.82) is 0 Å². The average Bonchev–Trinajstić information content (AvgIpc) is 2.61. The number of hydrogen-bond acceptors (Lipinski definition) is 6. The van der Waals surface area contributed by atoms with Crippen molar-refractivity contribution in [3.63, 3.8) is 0 Å². The Hall–Kier alpha value is -2.78. The van der Waals surface area contributed by atoms with Crippen LogP contribution in [0, 0.1) is 10.1 Å². The van der Waals surface area contributed by atoms with E-state index >= 15 is 0 Å². The molecule has 0 fully saturated rings. The van der Waals surface area contributed by atoms with E-state index in [0.717, 1.165) is 23.5 Å². The Labute approximate surface area is 144 Å². The molecular weight excluding hydrogens is 348 g/mol. The van der Waals surface area contributed by atoms with Gasteiger partial charge in [-0.2, -0.15) is 4.31 Å². The zero-order chi connectivity index (χ0) is 18.4. The van der Waals surface area contributed by atoms with Crippen molar-refractivity contribution in [1.82, 2.24) is 4.31 Å². The van der Waals surface area contributed by atoms with Gasteiger partial charge >= 0.3 is 5.97 Å². The minimum Gasteiger partial charge on any atom is -0.468 e. The molecule has 0 amide bonds. The number of benzene rings is 2. The summed E-state index contributed by atoms with van der Waals surface area (Å²) >= 11 is 0. The molecule has 0 aromatic heterocycles. The van der Waals surface area contributed by atoms with Crippen LogP contribution in [0.3, 0.4) is 0 Å². The zero-order valence-corrected chi connectivity index (χ0v) is 14.2. The molecule has 25 heavy (non-hydrogen) atoms. The predicted molar refractivity (Wildman–Crippen MR) is 89.2 cm³/mol. The lowest BCUT2D eigenvalue weighted by molar-refractivity contribution is -0.387. The number of sulfonamides is 1. The molecule has 0 aliphatic carbocycles. The minimum atomic E-state index is -4.29. The number of esters is 1. The van der Waals surface area contributed by atoms with Gasteiger partial charge in [0.05, 0.1) is 12.0 Å². The fourth-order valence-corrected chi connectivity index (χ4v) is 3.72. The molecule has 0 bridgehead atoms. The minimum absolute atomic E-state index is 0.121. The maximum atomic E-state index is 12.9. The summed E-state index contributed by atoms with van der Waals surface area (Å²) in [5.41, 5.74) is 0.0824. The van der Waals surface area contributed by atoms with Gasteiger partial charge in [-0.25, -0.2) is 8.42 Å². The average molecular weight is 364 g/mol. The lowest BCUT2D eigenvalue weighted by Crippen LogP contribution is -2.36. The Bertz CT molecular complexity index is 867. The summed E-state index contributed by atoms with van der Waals surface area (Å²) < 4.78 is 31.3. The van der Waals surface area contributed by atoms with Gasteiger partial charge in [0.1, 0.15) is 6.54 Å². The van der Waals surface area contributed by atoms with Crippen LogP contribution in [0.15, 0.2) is 59.5 Å². The largest absolute Gasteiger partial charge is 0.468 e. The number of carbonyl (C=O) groups is 1. The van der Waals surface area contributed by atoms with Gasteiger partial charge in [0.15, 0.2) is 4.90 Å². The van der Waals surface area contributed by atoms with Crippen LogP contribution < -0.4 is 0 Å². The summed E-state index contributed by atoms with van der Waals surface area (Å²) in [6, 6.07) is 13.6. The Morgan fingerprint density at radius 1 is 1.12 bits per heavy atom. The van der Waals surface area contributed by atoms with Crippen LogP contribution in [0.5, 0.6) is 0 Å². The van der Waals surface area contributed by atoms with Crippen LogP contribution in [0.1, 0.15) is 5.56 Å². The van der Waals surface area contributed by atoms with Crippen molar-refractivity contribution in [2.24, 2.45) is 0 Å². The summed E-state index contributed by atoms with van der Waals surface area (Å²) in [5.74, 6) is -0.766. The van der Waals surface area contributed by atoms with Gasteiger partial charge in [-0.1, -0.05) is 42.5 Å². The van der Waals surface area contributed by atoms with Crippen molar-refractivity contribution in [2.75, 3.05) is 13.7 Å². The number of nitro benzene ring substituents is 1. The highest BCUT2D eigenvalue weighted by atomic mass is 32.2. The molecule has 0 N–H and O–H groups in total. The van der Waals surface area contributed by atoms with Gasteiger partial charge in [0.2, 0.25) is 0 Å². The second kappa shape index (κ2) is 7.86. The first-order valence-electron chi connectivity index (χ1n) is 7.20. The van der Waals surface area contributed by atoms with Crippen molar-refractivity contribution < 1.29 is 22.9 Å². The molecule has 0 atom stereocenters. The molecule has 0 unspecified atom stereocenters. The van der Waals surface area contributed by atoms with Gasteiger partial charge < -0.3 is 4.74 Å². The molecule has 8 nitrogen and oxygen atoms in total. The summed E-state index contributed by atoms with van der Waals surface area (Å²) in [7, 11) is -3.15. The standard InChI is InChI=1S/C16H16N2O6S/c1-24-16(19)12-17(11-13-7-3-2-4-8-13)25(22,23)15-10-6-5-9-14(15)18(20)21/h2-10H,11-12H2,1H3. The third-order valence-corrected chi connectivity index (χ3v) is 5.25. The number of nitrogens with zero attached hydrogens (tertiary/aromatic N) is 2. The first kappa shape index (κ1) is 18.6. The second-order valence-corrected chi connectivity index (χ2v) is 6.97. The van der Waals surface area contributed by atoms with Gasteiger partial charge in [-0.15, -0.1) is 0 Å². The SMILES string of the molecule is COC(=O)CN(Cc1ccccc1)S(=O)(=O)c1ccccc1[N+](=O)[O-]. The molecule has 2 aromatic rings. The van der Waals surface area contributed by atoms with Gasteiger partial charge in [0, 0.05) is 12.6 Å². The molecule has 0 spiro atoms. The normalized spacial score (nSPS) is 11.3. The molecular formula is C16H16N2O6S. The number of carbonyl (C=O) groups excluding carboxylic acids is 1. The van der Waals surface area contributed by atoms with Gasteiger partial charge in [0.25, 0.3) is 15.7 Å². The van der Waals surface area contributed by atoms with Crippen LogP contribution >= 0.6 is 0 Å². The fourth-order valence-electron chi connectivity index (χ4n) is 2.19. The summed E-state index contributed by atoms with van der Waals surface area (Å²) in [6.07, 6.45) is 0. The molecule has 0 saturated carbocycles. The Balaban J connectivity index is 2.48. The topological polar surface area (TPSA) is 107 Å². The monoisotopic (exact) mass is 364 g/mol. The molecule has 0 heterocycles. The maximum absolute atomic E-state index is 12.9. The summed E-state index contributed by atoms with van der Waals surface area (Å²) in [5, 5.41) is 11.2. The van der Waals surface area contributed by atoms with E-state index in [4.69, 9.17) is 0 Å². The number of rotatable bonds is 7. The van der Waals surface area contributed by atoms with E-state index in [-0.39, 0.29) is 6.54 Å². The fraction of sp³-hybridized carbons (Fsp3) is 0.188. The third-order valence-electron chi connectivity index (χ3n) is 3.41. The molecule has 0 radical (unpaired) electrons. The van der Waals surface area contributed by atoms with Crippen molar-refractivity contribution in [3.05, 3.63) is 70.3 Å². The highest BCUT2D eigenvalue weighted by Gasteiger charge is 2.32. The van der Waals surface area contributed by atoms with E-state index in [1.54, 1.807) is 30.3 Å². The number of hydrogen-bond donors (Lipinski definition) is 0. The third kappa shape index (κ3) is 4.40. The van der Waals surface area contributed by atoms with E-state index in [1.807, 2.05) is 0 Å². The van der Waals surface area contributed by atoms with Crippen molar-refractivity contribution >= 4 is 21.7 Å². The van der Waals surface area contributed by atoms with Crippen molar-refractivity contribution in [2.45, 2.75) is 11.4 Å². The van der Waals surface area contributed by atoms with E-state index in [1.165, 1.54) is 12.1 Å².